The SMILES string of the molecule is CC(N)C(=O)OCCO.[Na]. The summed E-state index contributed by atoms with van der Waals surface area (Å²) in [5.74, 6) is -0.482. The Bertz CT molecular complexity index is 96.9. The fraction of sp³-hybridized carbons (Fsp3) is 0.800. The second-order valence-electron chi connectivity index (χ2n) is 1.68. The van der Waals surface area contributed by atoms with Crippen LogP contribution in [0.4, 0.5) is 0 Å². The minimum Gasteiger partial charge on any atom is -0.462 e. The van der Waals surface area contributed by atoms with Gasteiger partial charge in [-0.15, -0.1) is 0 Å². The predicted octanol–water partition coefficient (Wildman–Crippen LogP) is -1.51. The molecule has 0 aromatic rings. The van der Waals surface area contributed by atoms with E-state index in [4.69, 9.17) is 10.8 Å². The van der Waals surface area contributed by atoms with E-state index in [1.165, 1.54) is 6.92 Å². The summed E-state index contributed by atoms with van der Waals surface area (Å²) in [5.41, 5.74) is 5.12. The molecule has 0 saturated carbocycles. The molecule has 0 aliphatic heterocycles. The van der Waals surface area contributed by atoms with E-state index in [2.05, 4.69) is 4.74 Å². The monoisotopic (exact) mass is 156 g/mol. The number of hydrogen-bond acceptors (Lipinski definition) is 4. The summed E-state index contributed by atoms with van der Waals surface area (Å²) in [7, 11) is 0. The maximum Gasteiger partial charge on any atom is 0.322 e. The zero-order valence-electron chi connectivity index (χ0n) is 6.33. The average Bonchev–Trinajstić information content (AvgIpc) is 1.82. The molecule has 55 valence electrons. The van der Waals surface area contributed by atoms with Crippen LogP contribution in [0, 0.1) is 0 Å². The summed E-state index contributed by atoms with van der Waals surface area (Å²) in [6.45, 7) is 1.40. The molecule has 0 aromatic carbocycles. The van der Waals surface area contributed by atoms with Gasteiger partial charge in [-0.3, -0.25) is 4.79 Å². The molecule has 0 spiro atoms. The standard InChI is InChI=1S/C5H11NO3.Na/c1-4(6)5(8)9-3-2-7;/h4,7H,2-3,6H2,1H3;. The normalized spacial score (nSPS) is 11.5. The van der Waals surface area contributed by atoms with Gasteiger partial charge in [0.25, 0.3) is 0 Å². The van der Waals surface area contributed by atoms with Crippen LogP contribution >= 0.6 is 0 Å². The van der Waals surface area contributed by atoms with Crippen molar-refractivity contribution in [2.24, 2.45) is 5.73 Å². The first kappa shape index (κ1) is 13.0. The molecule has 3 N–H and O–H groups in total. The van der Waals surface area contributed by atoms with Crippen LogP contribution in [0.5, 0.6) is 0 Å². The molecule has 0 heterocycles. The van der Waals surface area contributed by atoms with Gasteiger partial charge in [0.15, 0.2) is 0 Å². The van der Waals surface area contributed by atoms with Crippen LogP contribution in [-0.2, 0) is 9.53 Å². The zero-order valence-corrected chi connectivity index (χ0v) is 8.33. The number of aliphatic hydroxyl groups is 1. The molecule has 1 atom stereocenters. The van der Waals surface area contributed by atoms with Crippen LogP contribution in [0.1, 0.15) is 6.92 Å². The van der Waals surface area contributed by atoms with Crippen molar-refractivity contribution in [2.45, 2.75) is 13.0 Å². The second kappa shape index (κ2) is 7.50. The van der Waals surface area contributed by atoms with Crippen molar-refractivity contribution in [3.05, 3.63) is 0 Å². The smallest absolute Gasteiger partial charge is 0.322 e. The number of ether oxygens (including phenoxy) is 1. The van der Waals surface area contributed by atoms with Gasteiger partial charge >= 0.3 is 5.97 Å². The van der Waals surface area contributed by atoms with E-state index < -0.39 is 12.0 Å². The summed E-state index contributed by atoms with van der Waals surface area (Å²) in [4.78, 5) is 10.4. The van der Waals surface area contributed by atoms with Gasteiger partial charge in [-0.05, 0) is 6.92 Å². The third kappa shape index (κ3) is 6.51. The van der Waals surface area contributed by atoms with Gasteiger partial charge in [-0.25, -0.2) is 0 Å². The Balaban J connectivity index is 0. The summed E-state index contributed by atoms with van der Waals surface area (Å²) in [5, 5.41) is 8.18. The van der Waals surface area contributed by atoms with Crippen LogP contribution in [0.3, 0.4) is 0 Å². The molecule has 0 amide bonds. The Morgan fingerprint density at radius 3 is 2.60 bits per heavy atom. The molecule has 0 aromatic heterocycles. The zero-order chi connectivity index (χ0) is 7.28. The van der Waals surface area contributed by atoms with Crippen molar-refractivity contribution < 1.29 is 14.6 Å². The van der Waals surface area contributed by atoms with Gasteiger partial charge in [0.1, 0.15) is 12.6 Å². The topological polar surface area (TPSA) is 72.6 Å². The molecular weight excluding hydrogens is 145 g/mol. The van der Waals surface area contributed by atoms with Crippen molar-refractivity contribution in [1.29, 1.82) is 0 Å². The number of rotatable bonds is 3. The average molecular weight is 156 g/mol. The molecule has 0 bridgehead atoms. The summed E-state index contributed by atoms with van der Waals surface area (Å²) in [6.07, 6.45) is 0. The van der Waals surface area contributed by atoms with Gasteiger partial charge in [-0.1, -0.05) is 0 Å². The Labute approximate surface area is 82.0 Å². The Hall–Kier alpha value is 0.390. The molecule has 1 radical (unpaired) electrons. The first-order valence-electron chi connectivity index (χ1n) is 2.71. The number of nitrogens with two attached hydrogens (primary N) is 1. The number of carbonyl (C=O) groups excluding carboxylic acids is 1. The Kier molecular flexibility index (Phi) is 9.76. The van der Waals surface area contributed by atoms with E-state index in [9.17, 15) is 4.79 Å². The van der Waals surface area contributed by atoms with E-state index in [0.717, 1.165) is 0 Å². The van der Waals surface area contributed by atoms with Crippen molar-refractivity contribution in [3.8, 4) is 0 Å². The second-order valence-corrected chi connectivity index (χ2v) is 1.68. The quantitative estimate of drug-likeness (QED) is 0.385. The molecule has 4 nitrogen and oxygen atoms in total. The minimum absolute atomic E-state index is 0. The number of aliphatic hydroxyl groups excluding tert-OH is 1. The maximum absolute atomic E-state index is 10.4. The molecular formula is C5H11NNaO3. The van der Waals surface area contributed by atoms with E-state index in [-0.39, 0.29) is 42.8 Å². The van der Waals surface area contributed by atoms with Gasteiger partial charge in [0, 0.05) is 29.6 Å². The molecule has 0 fully saturated rings. The fourth-order valence-electron chi connectivity index (χ4n) is 0.278. The van der Waals surface area contributed by atoms with E-state index in [1.54, 1.807) is 0 Å². The summed E-state index contributed by atoms with van der Waals surface area (Å²) < 4.78 is 4.44. The Morgan fingerprint density at radius 1 is 1.80 bits per heavy atom. The van der Waals surface area contributed by atoms with Crippen molar-refractivity contribution in [2.75, 3.05) is 13.2 Å². The van der Waals surface area contributed by atoms with Gasteiger partial charge in [0.05, 0.1) is 6.61 Å². The van der Waals surface area contributed by atoms with Crippen LogP contribution in [0.25, 0.3) is 0 Å². The van der Waals surface area contributed by atoms with Gasteiger partial charge in [0.2, 0.25) is 0 Å². The maximum atomic E-state index is 10.4. The third-order valence-electron chi connectivity index (χ3n) is 0.707. The van der Waals surface area contributed by atoms with Crippen LogP contribution in [-0.4, -0.2) is 59.9 Å². The van der Waals surface area contributed by atoms with Crippen LogP contribution in [0.15, 0.2) is 0 Å². The number of carbonyl (C=O) groups is 1. The summed E-state index contributed by atoms with van der Waals surface area (Å²) >= 11 is 0. The largest absolute Gasteiger partial charge is 0.462 e. The first-order valence-corrected chi connectivity index (χ1v) is 2.71. The molecule has 5 heteroatoms. The summed E-state index contributed by atoms with van der Waals surface area (Å²) in [6, 6.07) is -0.600. The molecule has 0 aliphatic rings. The third-order valence-corrected chi connectivity index (χ3v) is 0.707. The van der Waals surface area contributed by atoms with Crippen LogP contribution in [0.2, 0.25) is 0 Å². The molecule has 0 rings (SSSR count). The number of hydrogen-bond donors (Lipinski definition) is 2. The van der Waals surface area contributed by atoms with E-state index in [0.29, 0.717) is 0 Å². The van der Waals surface area contributed by atoms with Crippen molar-refractivity contribution in [1.82, 2.24) is 0 Å². The van der Waals surface area contributed by atoms with Crippen molar-refractivity contribution >= 4 is 35.5 Å². The first-order chi connectivity index (χ1) is 4.18. The predicted molar refractivity (Wildman–Crippen MR) is 37.4 cm³/mol. The van der Waals surface area contributed by atoms with Crippen molar-refractivity contribution in [3.63, 3.8) is 0 Å². The van der Waals surface area contributed by atoms with Gasteiger partial charge < -0.3 is 15.6 Å². The molecule has 1 unspecified atom stereocenters. The van der Waals surface area contributed by atoms with E-state index >= 15 is 0 Å². The van der Waals surface area contributed by atoms with Crippen LogP contribution < -0.4 is 5.73 Å². The fourth-order valence-corrected chi connectivity index (χ4v) is 0.278. The molecule has 0 aliphatic carbocycles. The minimum atomic E-state index is -0.600. The molecule has 0 saturated heterocycles. The molecule has 10 heavy (non-hydrogen) atoms. The van der Waals surface area contributed by atoms with E-state index in [1.807, 2.05) is 0 Å². The number of esters is 1. The Morgan fingerprint density at radius 2 is 2.30 bits per heavy atom. The van der Waals surface area contributed by atoms with Gasteiger partial charge in [-0.2, -0.15) is 0 Å².